The second-order valence-electron chi connectivity index (χ2n) is 6.21. The van der Waals surface area contributed by atoms with E-state index in [4.69, 9.17) is 5.73 Å². The van der Waals surface area contributed by atoms with Gasteiger partial charge in [-0.2, -0.15) is 16.9 Å². The topological polar surface area (TPSA) is 67.3 Å². The number of hydrogen-bond acceptors (Lipinski definition) is 5. The average Bonchev–Trinajstić information content (AvgIpc) is 2.77. The minimum Gasteiger partial charge on any atom is -0.397 e. The second-order valence-corrected chi connectivity index (χ2v) is 7.43. The predicted molar refractivity (Wildman–Crippen MR) is 90.0 cm³/mol. The van der Waals surface area contributed by atoms with Crippen LogP contribution < -0.4 is 10.6 Å². The Kier molecular flexibility index (Phi) is 3.75. The zero-order chi connectivity index (χ0) is 15.0. The molecular formula is C15H22N4OS. The summed E-state index contributed by atoms with van der Waals surface area (Å²) in [5.41, 5.74) is 8.26. The van der Waals surface area contributed by atoms with E-state index in [9.17, 15) is 5.11 Å². The van der Waals surface area contributed by atoms with Gasteiger partial charge in [0.2, 0.25) is 0 Å². The Morgan fingerprint density at radius 3 is 2.71 bits per heavy atom. The quantitative estimate of drug-likeness (QED) is 0.848. The molecule has 1 aliphatic heterocycles. The van der Waals surface area contributed by atoms with Crippen molar-refractivity contribution < 1.29 is 5.11 Å². The maximum Gasteiger partial charge on any atom is 0.0945 e. The highest BCUT2D eigenvalue weighted by Crippen LogP contribution is 2.30. The summed E-state index contributed by atoms with van der Waals surface area (Å²) in [4.78, 5) is 2.33. The predicted octanol–water partition coefficient (Wildman–Crippen LogP) is 1.94. The summed E-state index contributed by atoms with van der Waals surface area (Å²) in [6, 6.07) is 4.06. The fourth-order valence-electron chi connectivity index (χ4n) is 2.68. The highest BCUT2D eigenvalue weighted by molar-refractivity contribution is 7.99. The number of nitrogen functional groups attached to an aromatic ring is 1. The summed E-state index contributed by atoms with van der Waals surface area (Å²) in [6.07, 6.45) is 1.94. The summed E-state index contributed by atoms with van der Waals surface area (Å²) in [5.74, 6) is 2.29. The van der Waals surface area contributed by atoms with Crippen LogP contribution in [0.5, 0.6) is 0 Å². The lowest BCUT2D eigenvalue weighted by molar-refractivity contribution is 0.0580. The monoisotopic (exact) mass is 306 g/mol. The van der Waals surface area contributed by atoms with Crippen LogP contribution in [-0.4, -0.2) is 45.1 Å². The Balaban J connectivity index is 1.94. The molecule has 3 rings (SSSR count). The lowest BCUT2D eigenvalue weighted by Crippen LogP contribution is -2.32. The van der Waals surface area contributed by atoms with Crippen molar-refractivity contribution in [1.82, 2.24) is 9.78 Å². The van der Waals surface area contributed by atoms with Gasteiger partial charge in [0, 0.05) is 36.2 Å². The summed E-state index contributed by atoms with van der Waals surface area (Å²) >= 11 is 1.98. The molecule has 1 aliphatic rings. The number of aliphatic hydroxyl groups is 1. The molecule has 0 atom stereocenters. The van der Waals surface area contributed by atoms with E-state index in [1.54, 1.807) is 18.5 Å². The van der Waals surface area contributed by atoms with Crippen molar-refractivity contribution in [2.24, 2.45) is 0 Å². The highest BCUT2D eigenvalue weighted by atomic mass is 32.2. The van der Waals surface area contributed by atoms with Gasteiger partial charge in [-0.25, -0.2) is 0 Å². The number of aromatic nitrogens is 2. The van der Waals surface area contributed by atoms with Crippen LogP contribution in [0.3, 0.4) is 0 Å². The Morgan fingerprint density at radius 2 is 2.05 bits per heavy atom. The number of hydrogen-bond donors (Lipinski definition) is 2. The summed E-state index contributed by atoms with van der Waals surface area (Å²) in [6.45, 7) is 6.10. The molecule has 0 saturated carbocycles. The number of benzene rings is 1. The van der Waals surface area contributed by atoms with Crippen molar-refractivity contribution in [2.45, 2.75) is 26.0 Å². The standard InChI is InChI=1S/C15H22N4OS/c1-15(2,20)10-19-9-11-7-12(16)14(8-13(11)17-19)18-3-5-21-6-4-18/h7-9,20H,3-6,10,16H2,1-2H3. The molecule has 21 heavy (non-hydrogen) atoms. The van der Waals surface area contributed by atoms with Crippen molar-refractivity contribution >= 4 is 34.0 Å². The third-order valence-electron chi connectivity index (χ3n) is 3.60. The normalized spacial score (nSPS) is 16.6. The molecule has 0 amide bonds. The molecule has 0 radical (unpaired) electrons. The van der Waals surface area contributed by atoms with E-state index in [1.807, 2.05) is 24.0 Å². The molecule has 1 aromatic carbocycles. The molecule has 3 N–H and O–H groups in total. The van der Waals surface area contributed by atoms with E-state index < -0.39 is 5.60 Å². The molecule has 5 nitrogen and oxygen atoms in total. The number of thioether (sulfide) groups is 1. The van der Waals surface area contributed by atoms with Gasteiger partial charge in [0.15, 0.2) is 0 Å². The fraction of sp³-hybridized carbons (Fsp3) is 0.533. The minimum atomic E-state index is -0.777. The molecule has 2 aromatic rings. The van der Waals surface area contributed by atoms with Crippen LogP contribution in [0.2, 0.25) is 0 Å². The maximum absolute atomic E-state index is 9.91. The average molecular weight is 306 g/mol. The van der Waals surface area contributed by atoms with Gasteiger partial charge in [0.05, 0.1) is 29.0 Å². The van der Waals surface area contributed by atoms with Crippen molar-refractivity contribution in [3.05, 3.63) is 18.3 Å². The fourth-order valence-corrected chi connectivity index (χ4v) is 3.59. The lowest BCUT2D eigenvalue weighted by atomic mass is 10.1. The van der Waals surface area contributed by atoms with E-state index in [0.717, 1.165) is 46.9 Å². The molecule has 0 bridgehead atoms. The third-order valence-corrected chi connectivity index (χ3v) is 4.54. The highest BCUT2D eigenvalue weighted by Gasteiger charge is 2.17. The molecule has 1 fully saturated rings. The largest absolute Gasteiger partial charge is 0.397 e. The first-order valence-corrected chi connectivity index (χ1v) is 8.40. The van der Waals surface area contributed by atoms with Crippen molar-refractivity contribution in [3.63, 3.8) is 0 Å². The van der Waals surface area contributed by atoms with Crippen LogP contribution >= 0.6 is 11.8 Å². The molecule has 114 valence electrons. The maximum atomic E-state index is 9.91. The minimum absolute atomic E-state index is 0.470. The Bertz CT molecular complexity index is 641. The molecule has 0 spiro atoms. The van der Waals surface area contributed by atoms with Crippen LogP contribution in [-0.2, 0) is 6.54 Å². The van der Waals surface area contributed by atoms with Crippen LogP contribution in [0, 0.1) is 0 Å². The molecule has 1 aromatic heterocycles. The molecular weight excluding hydrogens is 284 g/mol. The van der Waals surface area contributed by atoms with E-state index in [1.165, 1.54) is 0 Å². The number of nitrogens with zero attached hydrogens (tertiary/aromatic N) is 3. The SMILES string of the molecule is CC(C)(O)Cn1cc2cc(N)c(N3CCSCC3)cc2n1. The van der Waals surface area contributed by atoms with E-state index in [2.05, 4.69) is 16.1 Å². The number of nitrogens with two attached hydrogens (primary N) is 1. The molecule has 1 saturated heterocycles. The lowest BCUT2D eigenvalue weighted by Gasteiger charge is -2.29. The van der Waals surface area contributed by atoms with Gasteiger partial charge in [-0.1, -0.05) is 0 Å². The number of fused-ring (bicyclic) bond motifs is 1. The Morgan fingerprint density at radius 1 is 1.33 bits per heavy atom. The summed E-state index contributed by atoms with van der Waals surface area (Å²) < 4.78 is 1.79. The van der Waals surface area contributed by atoms with Crippen LogP contribution in [0.15, 0.2) is 18.3 Å². The number of anilines is 2. The zero-order valence-corrected chi connectivity index (χ0v) is 13.4. The van der Waals surface area contributed by atoms with Gasteiger partial charge >= 0.3 is 0 Å². The first-order chi connectivity index (χ1) is 9.92. The molecule has 0 unspecified atom stereocenters. The zero-order valence-electron chi connectivity index (χ0n) is 12.5. The summed E-state index contributed by atoms with van der Waals surface area (Å²) in [7, 11) is 0. The van der Waals surface area contributed by atoms with Gasteiger partial charge in [0.1, 0.15) is 0 Å². The first-order valence-electron chi connectivity index (χ1n) is 7.24. The van der Waals surface area contributed by atoms with Crippen molar-refractivity contribution in [3.8, 4) is 0 Å². The smallest absolute Gasteiger partial charge is 0.0945 e. The number of rotatable bonds is 3. The first kappa shape index (κ1) is 14.5. The summed E-state index contributed by atoms with van der Waals surface area (Å²) in [5, 5.41) is 15.5. The molecule has 0 aliphatic carbocycles. The second kappa shape index (κ2) is 5.42. The van der Waals surface area contributed by atoms with Gasteiger partial charge in [-0.05, 0) is 26.0 Å². The van der Waals surface area contributed by atoms with Gasteiger partial charge in [-0.3, -0.25) is 4.68 Å². The van der Waals surface area contributed by atoms with Gasteiger partial charge in [0.25, 0.3) is 0 Å². The van der Waals surface area contributed by atoms with Crippen LogP contribution in [0.25, 0.3) is 10.9 Å². The van der Waals surface area contributed by atoms with Crippen LogP contribution in [0.1, 0.15) is 13.8 Å². The van der Waals surface area contributed by atoms with Crippen LogP contribution in [0.4, 0.5) is 11.4 Å². The molecule has 2 heterocycles. The third kappa shape index (κ3) is 3.27. The van der Waals surface area contributed by atoms with Gasteiger partial charge in [-0.15, -0.1) is 0 Å². The molecule has 6 heteroatoms. The Labute approximate surface area is 129 Å². The van der Waals surface area contributed by atoms with Gasteiger partial charge < -0.3 is 15.7 Å². The Hall–Kier alpha value is -1.40. The van der Waals surface area contributed by atoms with E-state index in [0.29, 0.717) is 6.54 Å². The van der Waals surface area contributed by atoms with E-state index >= 15 is 0 Å². The van der Waals surface area contributed by atoms with E-state index in [-0.39, 0.29) is 0 Å². The van der Waals surface area contributed by atoms with Crippen molar-refractivity contribution in [1.29, 1.82) is 0 Å². The van der Waals surface area contributed by atoms with Crippen molar-refractivity contribution in [2.75, 3.05) is 35.2 Å².